The lowest BCUT2D eigenvalue weighted by atomic mass is 10.2. The minimum atomic E-state index is -0.254. The first-order valence-corrected chi connectivity index (χ1v) is 8.81. The maximum Gasteiger partial charge on any atom is 0.277 e. The first kappa shape index (κ1) is 17.7. The SMILES string of the molecule is COc1ccc2c(ccn2CCC(=O)Nc2ccc3nnn(C)c(=O)c3c2)c1. The fourth-order valence-electron chi connectivity index (χ4n) is 3.15. The van der Waals surface area contributed by atoms with Crippen LogP contribution < -0.4 is 15.6 Å². The fraction of sp³-hybridized carbons (Fsp3) is 0.200. The smallest absolute Gasteiger partial charge is 0.277 e. The monoisotopic (exact) mass is 377 g/mol. The first-order valence-electron chi connectivity index (χ1n) is 8.81. The molecule has 1 N–H and O–H groups in total. The number of hydrogen-bond acceptors (Lipinski definition) is 5. The van der Waals surface area contributed by atoms with Gasteiger partial charge in [0.25, 0.3) is 5.56 Å². The van der Waals surface area contributed by atoms with E-state index >= 15 is 0 Å². The van der Waals surface area contributed by atoms with Gasteiger partial charge in [-0.3, -0.25) is 9.59 Å². The number of methoxy groups -OCH3 is 1. The molecule has 8 heteroatoms. The Bertz CT molecular complexity index is 1240. The molecule has 28 heavy (non-hydrogen) atoms. The van der Waals surface area contributed by atoms with E-state index in [2.05, 4.69) is 15.6 Å². The highest BCUT2D eigenvalue weighted by atomic mass is 16.5. The van der Waals surface area contributed by atoms with E-state index in [-0.39, 0.29) is 11.5 Å². The summed E-state index contributed by atoms with van der Waals surface area (Å²) in [7, 11) is 3.18. The highest BCUT2D eigenvalue weighted by Gasteiger charge is 2.09. The Morgan fingerprint density at radius 3 is 2.86 bits per heavy atom. The fourth-order valence-corrected chi connectivity index (χ4v) is 3.15. The molecule has 4 aromatic rings. The van der Waals surface area contributed by atoms with Crippen LogP contribution in [-0.2, 0) is 18.4 Å². The predicted octanol–water partition coefficient (Wildman–Crippen LogP) is 2.32. The van der Waals surface area contributed by atoms with Crippen molar-refractivity contribution in [1.29, 1.82) is 0 Å². The normalized spacial score (nSPS) is 11.1. The van der Waals surface area contributed by atoms with E-state index in [1.54, 1.807) is 25.3 Å². The van der Waals surface area contributed by atoms with Crippen LogP contribution in [0.5, 0.6) is 5.75 Å². The summed E-state index contributed by atoms with van der Waals surface area (Å²) >= 11 is 0. The number of carbonyl (C=O) groups is 1. The van der Waals surface area contributed by atoms with Crippen molar-refractivity contribution in [2.45, 2.75) is 13.0 Å². The summed E-state index contributed by atoms with van der Waals surface area (Å²) in [6, 6.07) is 12.9. The van der Waals surface area contributed by atoms with E-state index in [0.717, 1.165) is 16.7 Å². The third kappa shape index (κ3) is 3.32. The average molecular weight is 377 g/mol. The number of anilines is 1. The first-order chi connectivity index (χ1) is 13.5. The van der Waals surface area contributed by atoms with Crippen molar-refractivity contribution >= 4 is 33.4 Å². The Morgan fingerprint density at radius 2 is 2.04 bits per heavy atom. The van der Waals surface area contributed by atoms with Gasteiger partial charge in [-0.25, -0.2) is 4.68 Å². The molecule has 0 radical (unpaired) electrons. The molecule has 1 amide bonds. The van der Waals surface area contributed by atoms with Crippen LogP contribution in [0.4, 0.5) is 5.69 Å². The quantitative estimate of drug-likeness (QED) is 0.576. The molecule has 0 aliphatic rings. The molecule has 2 aromatic carbocycles. The molecule has 0 atom stereocenters. The third-order valence-electron chi connectivity index (χ3n) is 4.65. The number of carbonyl (C=O) groups excluding carboxylic acids is 1. The van der Waals surface area contributed by atoms with E-state index in [4.69, 9.17) is 4.74 Å². The summed E-state index contributed by atoms with van der Waals surface area (Å²) < 4.78 is 8.43. The maximum absolute atomic E-state index is 12.4. The van der Waals surface area contributed by atoms with Crippen LogP contribution in [0.15, 0.2) is 53.5 Å². The minimum Gasteiger partial charge on any atom is -0.497 e. The van der Waals surface area contributed by atoms with Gasteiger partial charge in [0.15, 0.2) is 0 Å². The number of nitrogens with zero attached hydrogens (tertiary/aromatic N) is 4. The Labute approximate surface area is 160 Å². The number of ether oxygens (including phenoxy) is 1. The van der Waals surface area contributed by atoms with Gasteiger partial charge in [0, 0.05) is 42.8 Å². The summed E-state index contributed by atoms with van der Waals surface area (Å²) in [5, 5.41) is 12.0. The van der Waals surface area contributed by atoms with Crippen LogP contribution in [0, 0.1) is 0 Å². The highest BCUT2D eigenvalue weighted by molar-refractivity contribution is 5.93. The number of benzene rings is 2. The lowest BCUT2D eigenvalue weighted by Crippen LogP contribution is -2.21. The van der Waals surface area contributed by atoms with Crippen LogP contribution >= 0.6 is 0 Å². The van der Waals surface area contributed by atoms with Gasteiger partial charge >= 0.3 is 0 Å². The molecule has 0 saturated carbocycles. The van der Waals surface area contributed by atoms with Crippen molar-refractivity contribution < 1.29 is 9.53 Å². The van der Waals surface area contributed by atoms with Gasteiger partial charge in [0.05, 0.1) is 12.5 Å². The molecule has 0 unspecified atom stereocenters. The average Bonchev–Trinajstić information content (AvgIpc) is 3.11. The lowest BCUT2D eigenvalue weighted by molar-refractivity contribution is -0.116. The Kier molecular flexibility index (Phi) is 4.52. The highest BCUT2D eigenvalue weighted by Crippen LogP contribution is 2.22. The molecular formula is C20H19N5O3. The van der Waals surface area contributed by atoms with E-state index in [9.17, 15) is 9.59 Å². The number of amides is 1. The van der Waals surface area contributed by atoms with E-state index in [0.29, 0.717) is 29.6 Å². The van der Waals surface area contributed by atoms with Crippen LogP contribution in [0.1, 0.15) is 6.42 Å². The molecule has 2 heterocycles. The second kappa shape index (κ2) is 7.15. The van der Waals surface area contributed by atoms with Gasteiger partial charge in [0.1, 0.15) is 11.3 Å². The van der Waals surface area contributed by atoms with Crippen molar-refractivity contribution in [3.05, 3.63) is 59.0 Å². The van der Waals surface area contributed by atoms with Crippen molar-refractivity contribution in [1.82, 2.24) is 19.6 Å². The van der Waals surface area contributed by atoms with Crippen molar-refractivity contribution in [2.24, 2.45) is 7.05 Å². The van der Waals surface area contributed by atoms with Crippen molar-refractivity contribution in [3.8, 4) is 5.75 Å². The summed E-state index contributed by atoms with van der Waals surface area (Å²) in [6.45, 7) is 0.544. The van der Waals surface area contributed by atoms with Crippen LogP contribution in [0.2, 0.25) is 0 Å². The standard InChI is InChI=1S/C20H19N5O3/c1-24-20(27)16-12-14(3-5-17(16)22-23-24)21-19(26)8-10-25-9-7-13-11-15(28-2)4-6-18(13)25/h3-7,9,11-12H,8,10H2,1-2H3,(H,21,26). The second-order valence-corrected chi connectivity index (χ2v) is 6.48. The van der Waals surface area contributed by atoms with Gasteiger partial charge in [-0.05, 0) is 42.5 Å². The van der Waals surface area contributed by atoms with Gasteiger partial charge in [-0.1, -0.05) is 5.21 Å². The molecule has 8 nitrogen and oxygen atoms in total. The van der Waals surface area contributed by atoms with Crippen LogP contribution in [0.25, 0.3) is 21.8 Å². The van der Waals surface area contributed by atoms with E-state index in [1.807, 2.05) is 35.0 Å². The summed E-state index contributed by atoms with van der Waals surface area (Å²) in [5.74, 6) is 0.670. The van der Waals surface area contributed by atoms with E-state index in [1.165, 1.54) is 11.7 Å². The molecule has 0 fully saturated rings. The molecule has 0 aliphatic heterocycles. The minimum absolute atomic E-state index is 0.131. The Hall–Kier alpha value is -3.68. The zero-order valence-electron chi connectivity index (χ0n) is 15.5. The number of aromatic nitrogens is 4. The number of hydrogen-bond donors (Lipinski definition) is 1. The number of rotatable bonds is 5. The number of nitrogens with one attached hydrogen (secondary N) is 1. The maximum atomic E-state index is 12.4. The summed E-state index contributed by atoms with van der Waals surface area (Å²) in [4.78, 5) is 24.5. The van der Waals surface area contributed by atoms with Gasteiger partial charge < -0.3 is 14.6 Å². The van der Waals surface area contributed by atoms with Crippen LogP contribution in [-0.4, -0.2) is 32.6 Å². The molecular weight excluding hydrogens is 358 g/mol. The topological polar surface area (TPSA) is 91.0 Å². The third-order valence-corrected chi connectivity index (χ3v) is 4.65. The summed E-state index contributed by atoms with van der Waals surface area (Å²) in [5.41, 5.74) is 1.84. The Balaban J connectivity index is 1.47. The van der Waals surface area contributed by atoms with Gasteiger partial charge in [0.2, 0.25) is 5.91 Å². The molecule has 142 valence electrons. The zero-order valence-corrected chi connectivity index (χ0v) is 15.5. The molecule has 0 aliphatic carbocycles. The van der Waals surface area contributed by atoms with Gasteiger partial charge in [-0.15, -0.1) is 5.10 Å². The molecule has 0 spiro atoms. The molecule has 4 rings (SSSR count). The van der Waals surface area contributed by atoms with Crippen molar-refractivity contribution in [3.63, 3.8) is 0 Å². The Morgan fingerprint density at radius 1 is 1.18 bits per heavy atom. The molecule has 0 saturated heterocycles. The van der Waals surface area contributed by atoms with Gasteiger partial charge in [-0.2, -0.15) is 0 Å². The predicted molar refractivity (Wildman–Crippen MR) is 107 cm³/mol. The summed E-state index contributed by atoms with van der Waals surface area (Å²) in [6.07, 6.45) is 2.26. The molecule has 2 aromatic heterocycles. The second-order valence-electron chi connectivity index (χ2n) is 6.48. The zero-order chi connectivity index (χ0) is 19.7. The number of fused-ring (bicyclic) bond motifs is 2. The number of aryl methyl sites for hydroxylation is 2. The molecule has 0 bridgehead atoms. The van der Waals surface area contributed by atoms with Crippen LogP contribution in [0.3, 0.4) is 0 Å². The van der Waals surface area contributed by atoms with E-state index < -0.39 is 0 Å². The largest absolute Gasteiger partial charge is 0.497 e. The van der Waals surface area contributed by atoms with Crippen molar-refractivity contribution in [2.75, 3.05) is 12.4 Å². The lowest BCUT2D eigenvalue weighted by Gasteiger charge is -2.08.